The second-order valence-corrected chi connectivity index (χ2v) is 13.2. The molecule has 0 bridgehead atoms. The van der Waals surface area contributed by atoms with Crippen molar-refractivity contribution >= 4 is 27.5 Å². The van der Waals surface area contributed by atoms with Gasteiger partial charge in [0.05, 0.1) is 34.7 Å². The maximum atomic E-state index is 10.6. The Morgan fingerprint density at radius 1 is 0.660 bits per heavy atom. The third-order valence-electron chi connectivity index (χ3n) is 10.1. The standard InChI is InChI=1S/C45H29N5/c1-45(2)36-20-12-10-18-31(36)33-23-24-34-32-19-11-13-21-38(32)50(43(34)40(33)45)39-25-22-30(26-37(39)47-3)42-35(27-46)41(28-14-6-4-7-15-28)48-44(49-42)29-16-8-5-9-17-29/h4-26H,1-2H3. The van der Waals surface area contributed by atoms with Gasteiger partial charge in [-0.1, -0.05) is 135 Å². The summed E-state index contributed by atoms with van der Waals surface area (Å²) in [5.41, 5.74) is 12.0. The number of rotatable bonds is 4. The first kappa shape index (κ1) is 29.3. The molecule has 0 fully saturated rings. The molecule has 2 aromatic heterocycles. The Balaban J connectivity index is 1.31. The van der Waals surface area contributed by atoms with Gasteiger partial charge in [0.2, 0.25) is 5.69 Å². The lowest BCUT2D eigenvalue weighted by atomic mass is 9.81. The van der Waals surface area contributed by atoms with Gasteiger partial charge >= 0.3 is 0 Å². The maximum Gasteiger partial charge on any atom is 0.211 e. The van der Waals surface area contributed by atoms with Gasteiger partial charge < -0.3 is 4.57 Å². The van der Waals surface area contributed by atoms with Crippen LogP contribution in [0.4, 0.5) is 5.69 Å². The number of fused-ring (bicyclic) bond motifs is 7. The fourth-order valence-corrected chi connectivity index (χ4v) is 7.81. The van der Waals surface area contributed by atoms with Gasteiger partial charge in [-0.05, 0) is 46.0 Å². The summed E-state index contributed by atoms with van der Waals surface area (Å²) in [5.74, 6) is 0.520. The molecule has 9 rings (SSSR count). The van der Waals surface area contributed by atoms with E-state index in [0.717, 1.165) is 38.6 Å². The topological polar surface area (TPSA) is 58.9 Å². The number of benzene rings is 6. The molecule has 0 atom stereocenters. The summed E-state index contributed by atoms with van der Waals surface area (Å²) in [7, 11) is 0. The third-order valence-corrected chi connectivity index (χ3v) is 10.1. The molecule has 1 aliphatic carbocycles. The Labute approximate surface area is 290 Å². The summed E-state index contributed by atoms with van der Waals surface area (Å²) in [4.78, 5) is 14.0. The Hall–Kier alpha value is -6.82. The molecule has 0 radical (unpaired) electrons. The summed E-state index contributed by atoms with van der Waals surface area (Å²) >= 11 is 0. The Morgan fingerprint density at radius 2 is 1.32 bits per heavy atom. The summed E-state index contributed by atoms with van der Waals surface area (Å²) in [6.45, 7) is 13.1. The van der Waals surface area contributed by atoms with Crippen molar-refractivity contribution in [3.8, 4) is 56.8 Å². The van der Waals surface area contributed by atoms with Crippen LogP contribution in [-0.4, -0.2) is 14.5 Å². The molecule has 0 saturated heterocycles. The van der Waals surface area contributed by atoms with Gasteiger partial charge in [0.25, 0.3) is 0 Å². The first-order chi connectivity index (χ1) is 24.5. The zero-order chi connectivity index (χ0) is 34.0. The van der Waals surface area contributed by atoms with E-state index in [1.165, 1.54) is 22.3 Å². The Bertz CT molecular complexity index is 2740. The highest BCUT2D eigenvalue weighted by molar-refractivity contribution is 6.13. The van der Waals surface area contributed by atoms with E-state index in [2.05, 4.69) is 90.0 Å². The van der Waals surface area contributed by atoms with Crippen LogP contribution in [0.2, 0.25) is 0 Å². The smallest absolute Gasteiger partial charge is 0.211 e. The van der Waals surface area contributed by atoms with E-state index in [-0.39, 0.29) is 5.41 Å². The molecule has 0 N–H and O–H groups in total. The van der Waals surface area contributed by atoms with E-state index in [1.807, 2.05) is 78.9 Å². The van der Waals surface area contributed by atoms with Gasteiger partial charge in [0.1, 0.15) is 11.6 Å². The second kappa shape index (κ2) is 11.1. The molecule has 0 saturated carbocycles. The minimum absolute atomic E-state index is 0.250. The summed E-state index contributed by atoms with van der Waals surface area (Å²) in [6, 6.07) is 49.4. The van der Waals surface area contributed by atoms with Crippen molar-refractivity contribution < 1.29 is 0 Å². The molecule has 0 spiro atoms. The van der Waals surface area contributed by atoms with Gasteiger partial charge in [-0.25, -0.2) is 14.8 Å². The summed E-state index contributed by atoms with van der Waals surface area (Å²) in [6.07, 6.45) is 0. The van der Waals surface area contributed by atoms with Gasteiger partial charge in [0.15, 0.2) is 5.82 Å². The van der Waals surface area contributed by atoms with Gasteiger partial charge in [-0.15, -0.1) is 0 Å². The Kier molecular flexibility index (Phi) is 6.53. The molecule has 0 amide bonds. The normalized spacial score (nSPS) is 12.7. The quantitative estimate of drug-likeness (QED) is 0.180. The van der Waals surface area contributed by atoms with E-state index >= 15 is 0 Å². The fourth-order valence-electron chi connectivity index (χ4n) is 7.81. The highest BCUT2D eigenvalue weighted by Crippen LogP contribution is 2.53. The number of aromatic nitrogens is 3. The highest BCUT2D eigenvalue weighted by atomic mass is 15.0. The van der Waals surface area contributed by atoms with Crippen LogP contribution in [0, 0.1) is 17.9 Å². The second-order valence-electron chi connectivity index (χ2n) is 13.2. The van der Waals surface area contributed by atoms with Crippen molar-refractivity contribution in [2.24, 2.45) is 0 Å². The average Bonchev–Trinajstić information content (AvgIpc) is 3.63. The van der Waals surface area contributed by atoms with Crippen molar-refractivity contribution in [2.45, 2.75) is 19.3 Å². The monoisotopic (exact) mass is 639 g/mol. The molecular weight excluding hydrogens is 611 g/mol. The van der Waals surface area contributed by atoms with Crippen LogP contribution >= 0.6 is 0 Å². The van der Waals surface area contributed by atoms with E-state index < -0.39 is 0 Å². The molecule has 1 aliphatic rings. The van der Waals surface area contributed by atoms with Crippen LogP contribution in [0.1, 0.15) is 30.5 Å². The first-order valence-electron chi connectivity index (χ1n) is 16.6. The minimum Gasteiger partial charge on any atom is -0.319 e. The van der Waals surface area contributed by atoms with E-state index in [9.17, 15) is 5.26 Å². The average molecular weight is 640 g/mol. The van der Waals surface area contributed by atoms with Crippen LogP contribution in [0.15, 0.2) is 140 Å². The van der Waals surface area contributed by atoms with Crippen molar-refractivity contribution in [2.75, 3.05) is 0 Å². The molecule has 6 aromatic carbocycles. The van der Waals surface area contributed by atoms with Gasteiger partial charge in [-0.3, -0.25) is 0 Å². The molecule has 5 nitrogen and oxygen atoms in total. The molecule has 0 aliphatic heterocycles. The van der Waals surface area contributed by atoms with E-state index in [1.54, 1.807) is 0 Å². The largest absolute Gasteiger partial charge is 0.319 e. The van der Waals surface area contributed by atoms with Crippen LogP contribution < -0.4 is 0 Å². The molecule has 50 heavy (non-hydrogen) atoms. The molecule has 8 aromatic rings. The molecular formula is C45H29N5. The van der Waals surface area contributed by atoms with Crippen molar-refractivity contribution in [3.05, 3.63) is 168 Å². The molecule has 234 valence electrons. The zero-order valence-electron chi connectivity index (χ0n) is 27.5. The number of hydrogen-bond donors (Lipinski definition) is 0. The molecule has 2 heterocycles. The van der Waals surface area contributed by atoms with Crippen molar-refractivity contribution in [3.63, 3.8) is 0 Å². The highest BCUT2D eigenvalue weighted by Gasteiger charge is 2.38. The summed E-state index contributed by atoms with van der Waals surface area (Å²) in [5, 5.41) is 12.9. The van der Waals surface area contributed by atoms with Crippen LogP contribution in [0.3, 0.4) is 0 Å². The van der Waals surface area contributed by atoms with E-state index in [0.29, 0.717) is 34.0 Å². The van der Waals surface area contributed by atoms with Gasteiger partial charge in [0, 0.05) is 27.3 Å². The summed E-state index contributed by atoms with van der Waals surface area (Å²) < 4.78 is 2.27. The van der Waals surface area contributed by atoms with Crippen LogP contribution in [0.25, 0.3) is 77.4 Å². The lowest BCUT2D eigenvalue weighted by Gasteiger charge is -2.24. The Morgan fingerprint density at radius 3 is 2.06 bits per heavy atom. The predicted octanol–water partition coefficient (Wildman–Crippen LogP) is 11.3. The number of nitrogens with zero attached hydrogens (tertiary/aromatic N) is 5. The number of para-hydroxylation sites is 1. The van der Waals surface area contributed by atoms with Crippen LogP contribution in [-0.2, 0) is 5.41 Å². The zero-order valence-corrected chi connectivity index (χ0v) is 27.5. The fraction of sp³-hybridized carbons (Fsp3) is 0.0667. The number of hydrogen-bond acceptors (Lipinski definition) is 3. The maximum absolute atomic E-state index is 10.6. The number of nitriles is 1. The molecule has 5 heteroatoms. The van der Waals surface area contributed by atoms with Crippen molar-refractivity contribution in [1.29, 1.82) is 5.26 Å². The van der Waals surface area contributed by atoms with E-state index in [4.69, 9.17) is 16.5 Å². The van der Waals surface area contributed by atoms with Crippen molar-refractivity contribution in [1.82, 2.24) is 14.5 Å². The predicted molar refractivity (Wildman–Crippen MR) is 201 cm³/mol. The lowest BCUT2D eigenvalue weighted by molar-refractivity contribution is 0.664. The molecule has 0 unspecified atom stereocenters. The van der Waals surface area contributed by atoms with Crippen LogP contribution in [0.5, 0.6) is 0 Å². The minimum atomic E-state index is -0.250. The lowest BCUT2D eigenvalue weighted by Crippen LogP contribution is -2.16. The SMILES string of the molecule is [C-]#[N+]c1cc(-c2nc(-c3ccccc3)nc(-c3ccccc3)c2C#N)ccc1-n1c2ccccc2c2ccc3c(c21)C(C)(C)c1ccccc1-3. The first-order valence-corrected chi connectivity index (χ1v) is 16.6. The third kappa shape index (κ3) is 4.24. The van der Waals surface area contributed by atoms with Gasteiger partial charge in [-0.2, -0.15) is 5.26 Å².